The molecule has 4 heteroatoms. The van der Waals surface area contributed by atoms with Crippen LogP contribution in [0.2, 0.25) is 0 Å². The lowest BCUT2D eigenvalue weighted by Crippen LogP contribution is -2.36. The van der Waals surface area contributed by atoms with Crippen LogP contribution in [0.25, 0.3) is 0 Å². The summed E-state index contributed by atoms with van der Waals surface area (Å²) in [5, 5.41) is 4.27. The van der Waals surface area contributed by atoms with Crippen molar-refractivity contribution < 1.29 is 9.63 Å². The van der Waals surface area contributed by atoms with Gasteiger partial charge in [-0.3, -0.25) is 4.84 Å². The Morgan fingerprint density at radius 2 is 1.31 bits per heavy atom. The van der Waals surface area contributed by atoms with Gasteiger partial charge in [0, 0.05) is 5.69 Å². The molecule has 0 aliphatic carbocycles. The van der Waals surface area contributed by atoms with Crippen LogP contribution in [0.4, 0.5) is 10.5 Å². The van der Waals surface area contributed by atoms with Crippen LogP contribution in [-0.4, -0.2) is 17.6 Å². The standard InChI is InChI=1S/C22H22N2O2/c25-22(23-21-14-8-3-9-15-21)24(17-16-19-10-4-1-5-11-19)26-18-20-12-6-2-7-13-20/h1-15H,16-18H2,(H,23,25). The maximum Gasteiger partial charge on any atom is 0.345 e. The first-order valence-electron chi connectivity index (χ1n) is 8.65. The molecule has 2 amide bonds. The third-order valence-electron chi connectivity index (χ3n) is 3.93. The van der Waals surface area contributed by atoms with Gasteiger partial charge in [-0.05, 0) is 29.7 Å². The third kappa shape index (κ3) is 5.46. The Hall–Kier alpha value is -3.11. The highest BCUT2D eigenvalue weighted by atomic mass is 16.7. The molecule has 132 valence electrons. The smallest absolute Gasteiger partial charge is 0.306 e. The van der Waals surface area contributed by atoms with Crippen molar-refractivity contribution in [2.75, 3.05) is 11.9 Å². The number of para-hydroxylation sites is 1. The van der Waals surface area contributed by atoms with Crippen LogP contribution in [0.3, 0.4) is 0 Å². The van der Waals surface area contributed by atoms with Crippen molar-refractivity contribution in [1.29, 1.82) is 0 Å². The van der Waals surface area contributed by atoms with Crippen LogP contribution < -0.4 is 5.32 Å². The number of rotatable bonds is 7. The predicted octanol–water partition coefficient (Wildman–Crippen LogP) is 4.90. The van der Waals surface area contributed by atoms with E-state index in [0.29, 0.717) is 13.2 Å². The first-order chi connectivity index (χ1) is 12.8. The van der Waals surface area contributed by atoms with E-state index in [9.17, 15) is 4.79 Å². The highest BCUT2D eigenvalue weighted by molar-refractivity contribution is 5.88. The van der Waals surface area contributed by atoms with Gasteiger partial charge in [0.05, 0.1) is 6.54 Å². The molecule has 3 aromatic carbocycles. The van der Waals surface area contributed by atoms with E-state index in [-0.39, 0.29) is 6.03 Å². The van der Waals surface area contributed by atoms with Crippen molar-refractivity contribution in [1.82, 2.24) is 5.06 Å². The van der Waals surface area contributed by atoms with Crippen LogP contribution >= 0.6 is 0 Å². The molecule has 0 unspecified atom stereocenters. The van der Waals surface area contributed by atoms with Gasteiger partial charge in [-0.15, -0.1) is 0 Å². The average molecular weight is 346 g/mol. The number of nitrogens with zero attached hydrogens (tertiary/aromatic N) is 1. The Bertz CT molecular complexity index is 749. The summed E-state index contributed by atoms with van der Waals surface area (Å²) < 4.78 is 0. The normalized spacial score (nSPS) is 10.3. The number of hydroxylamine groups is 2. The van der Waals surface area contributed by atoms with Gasteiger partial charge in [0.15, 0.2) is 0 Å². The molecule has 0 aliphatic rings. The van der Waals surface area contributed by atoms with Crippen molar-refractivity contribution in [3.8, 4) is 0 Å². The summed E-state index contributed by atoms with van der Waals surface area (Å²) in [4.78, 5) is 18.5. The maximum absolute atomic E-state index is 12.6. The number of hydrogen-bond acceptors (Lipinski definition) is 2. The molecular weight excluding hydrogens is 324 g/mol. The van der Waals surface area contributed by atoms with E-state index in [1.165, 1.54) is 5.06 Å². The molecule has 0 atom stereocenters. The van der Waals surface area contributed by atoms with E-state index in [1.807, 2.05) is 91.0 Å². The number of urea groups is 1. The van der Waals surface area contributed by atoms with Crippen LogP contribution in [0.5, 0.6) is 0 Å². The lowest BCUT2D eigenvalue weighted by atomic mass is 10.1. The molecule has 26 heavy (non-hydrogen) atoms. The Balaban J connectivity index is 1.64. The molecule has 0 saturated heterocycles. The lowest BCUT2D eigenvalue weighted by molar-refractivity contribution is -0.123. The molecule has 0 aromatic heterocycles. The molecule has 0 saturated carbocycles. The van der Waals surface area contributed by atoms with E-state index in [4.69, 9.17) is 4.84 Å². The lowest BCUT2D eigenvalue weighted by Gasteiger charge is -2.22. The molecule has 4 nitrogen and oxygen atoms in total. The first kappa shape index (κ1) is 17.7. The summed E-state index contributed by atoms with van der Waals surface area (Å²) in [6.45, 7) is 0.813. The van der Waals surface area contributed by atoms with Crippen molar-refractivity contribution in [3.05, 3.63) is 102 Å². The van der Waals surface area contributed by atoms with Crippen molar-refractivity contribution in [2.24, 2.45) is 0 Å². The summed E-state index contributed by atoms with van der Waals surface area (Å²) in [5.74, 6) is 0. The van der Waals surface area contributed by atoms with Gasteiger partial charge in [-0.2, -0.15) is 0 Å². The van der Waals surface area contributed by atoms with Crippen molar-refractivity contribution in [3.63, 3.8) is 0 Å². The summed E-state index contributed by atoms with van der Waals surface area (Å²) >= 11 is 0. The quantitative estimate of drug-likeness (QED) is 0.619. The second-order valence-corrected chi connectivity index (χ2v) is 5.89. The highest BCUT2D eigenvalue weighted by Gasteiger charge is 2.15. The summed E-state index contributed by atoms with van der Waals surface area (Å²) in [5.41, 5.74) is 2.92. The average Bonchev–Trinajstić information content (AvgIpc) is 2.70. The molecule has 3 aromatic rings. The van der Waals surface area contributed by atoms with E-state index in [0.717, 1.165) is 23.2 Å². The van der Waals surface area contributed by atoms with Crippen LogP contribution in [0, 0.1) is 0 Å². The summed E-state index contributed by atoms with van der Waals surface area (Å²) in [6, 6.07) is 29.0. The molecule has 0 heterocycles. The number of anilines is 1. The van der Waals surface area contributed by atoms with Gasteiger partial charge in [0.2, 0.25) is 0 Å². The Labute approximate surface area is 154 Å². The van der Waals surface area contributed by atoms with E-state index in [2.05, 4.69) is 5.32 Å². The van der Waals surface area contributed by atoms with E-state index >= 15 is 0 Å². The largest absolute Gasteiger partial charge is 0.345 e. The summed E-state index contributed by atoms with van der Waals surface area (Å²) in [7, 11) is 0. The van der Waals surface area contributed by atoms with E-state index < -0.39 is 0 Å². The molecule has 0 fully saturated rings. The fourth-order valence-corrected chi connectivity index (χ4v) is 2.53. The number of carbonyl (C=O) groups excluding carboxylic acids is 1. The monoisotopic (exact) mass is 346 g/mol. The Morgan fingerprint density at radius 3 is 1.92 bits per heavy atom. The summed E-state index contributed by atoms with van der Waals surface area (Å²) in [6.07, 6.45) is 0.720. The Morgan fingerprint density at radius 1 is 0.769 bits per heavy atom. The van der Waals surface area contributed by atoms with Gasteiger partial charge in [0.25, 0.3) is 0 Å². The van der Waals surface area contributed by atoms with Gasteiger partial charge >= 0.3 is 6.03 Å². The molecule has 1 N–H and O–H groups in total. The zero-order chi connectivity index (χ0) is 18.0. The third-order valence-corrected chi connectivity index (χ3v) is 3.93. The minimum absolute atomic E-state index is 0.275. The molecule has 0 aliphatic heterocycles. The first-order valence-corrected chi connectivity index (χ1v) is 8.65. The molecule has 0 radical (unpaired) electrons. The van der Waals surface area contributed by atoms with Crippen molar-refractivity contribution in [2.45, 2.75) is 13.0 Å². The SMILES string of the molecule is O=C(Nc1ccccc1)N(CCc1ccccc1)OCc1ccccc1. The maximum atomic E-state index is 12.6. The topological polar surface area (TPSA) is 41.6 Å². The Kier molecular flexibility index (Phi) is 6.40. The number of benzene rings is 3. The van der Waals surface area contributed by atoms with Crippen molar-refractivity contribution >= 4 is 11.7 Å². The van der Waals surface area contributed by atoms with Gasteiger partial charge in [-0.25, -0.2) is 9.86 Å². The number of amides is 2. The van der Waals surface area contributed by atoms with Crippen LogP contribution in [0.1, 0.15) is 11.1 Å². The van der Waals surface area contributed by atoms with Crippen LogP contribution in [-0.2, 0) is 17.9 Å². The van der Waals surface area contributed by atoms with Crippen LogP contribution in [0.15, 0.2) is 91.0 Å². The van der Waals surface area contributed by atoms with Gasteiger partial charge in [0.1, 0.15) is 6.61 Å². The fraction of sp³-hybridized carbons (Fsp3) is 0.136. The second kappa shape index (κ2) is 9.39. The van der Waals surface area contributed by atoms with E-state index in [1.54, 1.807) is 0 Å². The molecular formula is C22H22N2O2. The fourth-order valence-electron chi connectivity index (χ4n) is 2.53. The molecule has 0 bridgehead atoms. The zero-order valence-electron chi connectivity index (χ0n) is 14.5. The number of hydrogen-bond donors (Lipinski definition) is 1. The highest BCUT2D eigenvalue weighted by Crippen LogP contribution is 2.10. The second-order valence-electron chi connectivity index (χ2n) is 5.89. The molecule has 0 spiro atoms. The minimum Gasteiger partial charge on any atom is -0.306 e. The minimum atomic E-state index is -0.275. The number of carbonyl (C=O) groups is 1. The molecule has 3 rings (SSSR count). The zero-order valence-corrected chi connectivity index (χ0v) is 14.5. The number of nitrogens with one attached hydrogen (secondary N) is 1. The van der Waals surface area contributed by atoms with Gasteiger partial charge in [-0.1, -0.05) is 78.9 Å². The van der Waals surface area contributed by atoms with Gasteiger partial charge < -0.3 is 5.32 Å². The predicted molar refractivity (Wildman–Crippen MR) is 104 cm³/mol.